The lowest BCUT2D eigenvalue weighted by molar-refractivity contribution is -0.120. The molecule has 4 N–H and O–H groups in total. The molecule has 20 heavy (non-hydrogen) atoms. The van der Waals surface area contributed by atoms with Gasteiger partial charge >= 0.3 is 0 Å². The fraction of sp³-hybridized carbons (Fsp3) is 0.364. The first-order valence-corrected chi connectivity index (χ1v) is 7.95. The summed E-state index contributed by atoms with van der Waals surface area (Å²) in [5, 5.41) is 2.56. The summed E-state index contributed by atoms with van der Waals surface area (Å²) < 4.78 is 26.8. The van der Waals surface area contributed by atoms with Crippen molar-refractivity contribution < 1.29 is 13.2 Å². The zero-order valence-corrected chi connectivity index (χ0v) is 13.9. The number of amides is 1. The van der Waals surface area contributed by atoms with Gasteiger partial charge in [0.05, 0.1) is 4.90 Å². The molecule has 9 heteroatoms. The number of carbonyl (C=O) groups excluding carboxylic acids is 1. The van der Waals surface area contributed by atoms with Crippen molar-refractivity contribution >= 4 is 44.3 Å². The van der Waals surface area contributed by atoms with Crippen LogP contribution in [0.4, 0.5) is 0 Å². The lowest BCUT2D eigenvalue weighted by Crippen LogP contribution is -2.33. The van der Waals surface area contributed by atoms with Gasteiger partial charge in [0.2, 0.25) is 15.9 Å². The number of rotatable bonds is 7. The largest absolute Gasteiger partial charge is 0.355 e. The van der Waals surface area contributed by atoms with Crippen molar-refractivity contribution in [2.75, 3.05) is 19.6 Å². The Kier molecular flexibility index (Phi) is 8.99. The van der Waals surface area contributed by atoms with Crippen molar-refractivity contribution in [3.8, 4) is 0 Å². The van der Waals surface area contributed by atoms with E-state index >= 15 is 0 Å². The van der Waals surface area contributed by atoms with Gasteiger partial charge in [-0.2, -0.15) is 0 Å². The summed E-state index contributed by atoms with van der Waals surface area (Å²) in [6, 6.07) is 6.35. The molecule has 0 aromatic heterocycles. The van der Waals surface area contributed by atoms with E-state index in [1.807, 2.05) is 0 Å². The average molecular weight is 387 g/mol. The summed E-state index contributed by atoms with van der Waals surface area (Å²) in [5.41, 5.74) is 5.23. The molecule has 0 heterocycles. The third kappa shape index (κ3) is 6.67. The predicted molar refractivity (Wildman–Crippen MR) is 83.3 cm³/mol. The predicted octanol–water partition coefficient (Wildman–Crippen LogP) is 0.614. The maximum absolute atomic E-state index is 11.9. The summed E-state index contributed by atoms with van der Waals surface area (Å²) >= 11 is 3.21. The Morgan fingerprint density at radius 1 is 1.30 bits per heavy atom. The van der Waals surface area contributed by atoms with Crippen molar-refractivity contribution in [3.05, 3.63) is 28.7 Å². The molecular weight excluding hydrogens is 370 g/mol. The zero-order valence-electron chi connectivity index (χ0n) is 10.6. The van der Waals surface area contributed by atoms with E-state index in [0.29, 0.717) is 17.6 Å². The van der Waals surface area contributed by atoms with Crippen molar-refractivity contribution in [2.24, 2.45) is 5.73 Å². The van der Waals surface area contributed by atoms with E-state index < -0.39 is 10.0 Å². The summed E-state index contributed by atoms with van der Waals surface area (Å²) in [7, 11) is -3.58. The summed E-state index contributed by atoms with van der Waals surface area (Å²) in [6.45, 7) is 0.790. The number of benzene rings is 1. The molecule has 1 aromatic rings. The molecule has 1 amide bonds. The fourth-order valence-corrected chi connectivity index (χ4v) is 2.94. The minimum absolute atomic E-state index is 0. The van der Waals surface area contributed by atoms with E-state index in [2.05, 4.69) is 26.0 Å². The topological polar surface area (TPSA) is 101 Å². The third-order valence-electron chi connectivity index (χ3n) is 2.22. The standard InChI is InChI=1S/C11H16BrN3O3S.ClH/c12-9-2-1-3-10(8-9)19(17,18)15-6-4-11(16)14-7-5-13;/h1-3,8,15H,4-7,13H2,(H,14,16);1H. The van der Waals surface area contributed by atoms with Crippen LogP contribution in [0, 0.1) is 0 Å². The molecule has 6 nitrogen and oxygen atoms in total. The molecule has 0 radical (unpaired) electrons. The molecule has 0 saturated heterocycles. The van der Waals surface area contributed by atoms with Crippen LogP contribution in [0.25, 0.3) is 0 Å². The van der Waals surface area contributed by atoms with Crippen molar-refractivity contribution in [2.45, 2.75) is 11.3 Å². The van der Waals surface area contributed by atoms with Gasteiger partial charge in [-0.05, 0) is 18.2 Å². The first-order valence-electron chi connectivity index (χ1n) is 5.67. The zero-order chi connectivity index (χ0) is 14.3. The quantitative estimate of drug-likeness (QED) is 0.639. The molecule has 114 valence electrons. The summed E-state index contributed by atoms with van der Waals surface area (Å²) in [4.78, 5) is 11.4. The van der Waals surface area contributed by atoms with E-state index in [1.54, 1.807) is 12.1 Å². The highest BCUT2D eigenvalue weighted by molar-refractivity contribution is 9.10. The van der Waals surface area contributed by atoms with Gasteiger partial charge in [0.25, 0.3) is 0 Å². The van der Waals surface area contributed by atoms with E-state index in [4.69, 9.17) is 5.73 Å². The highest BCUT2D eigenvalue weighted by Crippen LogP contribution is 2.15. The molecule has 1 rings (SSSR count). The van der Waals surface area contributed by atoms with Gasteiger partial charge < -0.3 is 11.1 Å². The van der Waals surface area contributed by atoms with Gasteiger partial charge in [-0.15, -0.1) is 12.4 Å². The van der Waals surface area contributed by atoms with Crippen LogP contribution in [-0.4, -0.2) is 34.0 Å². The second-order valence-electron chi connectivity index (χ2n) is 3.74. The molecule has 0 fully saturated rings. The van der Waals surface area contributed by atoms with Crippen LogP contribution < -0.4 is 15.8 Å². The Bertz CT molecular complexity index is 539. The first kappa shape index (κ1) is 19.3. The van der Waals surface area contributed by atoms with Crippen LogP contribution in [-0.2, 0) is 14.8 Å². The minimum atomic E-state index is -3.58. The number of nitrogens with two attached hydrogens (primary N) is 1. The molecule has 0 aliphatic heterocycles. The Morgan fingerprint density at radius 3 is 2.60 bits per heavy atom. The Hall–Kier alpha value is -0.670. The number of hydrogen-bond donors (Lipinski definition) is 3. The highest BCUT2D eigenvalue weighted by atomic mass is 79.9. The number of sulfonamides is 1. The third-order valence-corrected chi connectivity index (χ3v) is 4.17. The van der Waals surface area contributed by atoms with Crippen LogP contribution in [0.15, 0.2) is 33.6 Å². The Balaban J connectivity index is 0.00000361. The van der Waals surface area contributed by atoms with Crippen LogP contribution in [0.5, 0.6) is 0 Å². The minimum Gasteiger partial charge on any atom is -0.355 e. The van der Waals surface area contributed by atoms with Crippen LogP contribution in [0.1, 0.15) is 6.42 Å². The average Bonchev–Trinajstić information content (AvgIpc) is 2.36. The number of hydrogen-bond acceptors (Lipinski definition) is 4. The second kappa shape index (κ2) is 9.30. The molecular formula is C11H17BrClN3O3S. The Labute approximate surface area is 133 Å². The van der Waals surface area contributed by atoms with Crippen LogP contribution in [0.3, 0.4) is 0 Å². The summed E-state index contributed by atoms with van der Waals surface area (Å²) in [5.74, 6) is -0.234. The van der Waals surface area contributed by atoms with Crippen molar-refractivity contribution in [1.82, 2.24) is 10.0 Å². The molecule has 0 unspecified atom stereocenters. The van der Waals surface area contributed by atoms with Gasteiger partial charge in [0.15, 0.2) is 0 Å². The lowest BCUT2D eigenvalue weighted by atomic mass is 10.4. The molecule has 0 aliphatic carbocycles. The Morgan fingerprint density at radius 2 is 2.00 bits per heavy atom. The molecule has 0 aliphatic rings. The maximum Gasteiger partial charge on any atom is 0.240 e. The van der Waals surface area contributed by atoms with Crippen molar-refractivity contribution in [3.63, 3.8) is 0 Å². The molecule has 0 bridgehead atoms. The lowest BCUT2D eigenvalue weighted by Gasteiger charge is -2.07. The number of nitrogens with one attached hydrogen (secondary N) is 2. The normalized spacial score (nSPS) is 10.7. The van der Waals surface area contributed by atoms with Gasteiger partial charge in [-0.1, -0.05) is 22.0 Å². The molecule has 0 atom stereocenters. The molecule has 1 aromatic carbocycles. The monoisotopic (exact) mass is 385 g/mol. The number of halogens is 2. The first-order chi connectivity index (χ1) is 8.95. The van der Waals surface area contributed by atoms with E-state index in [9.17, 15) is 13.2 Å². The van der Waals surface area contributed by atoms with Crippen molar-refractivity contribution in [1.29, 1.82) is 0 Å². The van der Waals surface area contributed by atoms with Gasteiger partial charge in [0, 0.05) is 30.5 Å². The van der Waals surface area contributed by atoms with Crippen LogP contribution in [0.2, 0.25) is 0 Å². The van der Waals surface area contributed by atoms with Gasteiger partial charge in [-0.3, -0.25) is 4.79 Å². The van der Waals surface area contributed by atoms with Crippen LogP contribution >= 0.6 is 28.3 Å². The number of carbonyl (C=O) groups is 1. The second-order valence-corrected chi connectivity index (χ2v) is 6.43. The van der Waals surface area contributed by atoms with Gasteiger partial charge in [0.1, 0.15) is 0 Å². The molecule has 0 spiro atoms. The van der Waals surface area contributed by atoms with Gasteiger partial charge in [-0.25, -0.2) is 13.1 Å². The van der Waals surface area contributed by atoms with E-state index in [0.717, 1.165) is 0 Å². The SMILES string of the molecule is Cl.NCCNC(=O)CCNS(=O)(=O)c1cccc(Br)c1. The fourth-order valence-electron chi connectivity index (χ4n) is 1.32. The maximum atomic E-state index is 11.9. The van der Waals surface area contributed by atoms with E-state index in [1.165, 1.54) is 12.1 Å². The smallest absolute Gasteiger partial charge is 0.240 e. The van der Waals surface area contributed by atoms with E-state index in [-0.39, 0.29) is 36.2 Å². The highest BCUT2D eigenvalue weighted by Gasteiger charge is 2.14. The molecule has 0 saturated carbocycles. The summed E-state index contributed by atoms with van der Waals surface area (Å²) in [6.07, 6.45) is 0.0766.